The van der Waals surface area contributed by atoms with Gasteiger partial charge in [-0.25, -0.2) is 0 Å². The molecule has 0 aliphatic rings. The minimum absolute atomic E-state index is 0.0855. The van der Waals surface area contributed by atoms with Crippen LogP contribution in [-0.2, 0) is 17.6 Å². The van der Waals surface area contributed by atoms with Crippen LogP contribution in [0.5, 0.6) is 5.75 Å². The van der Waals surface area contributed by atoms with E-state index in [4.69, 9.17) is 16.3 Å². The maximum atomic E-state index is 12.3. The molecule has 0 spiro atoms. The van der Waals surface area contributed by atoms with Gasteiger partial charge in [0.15, 0.2) is 0 Å². The van der Waals surface area contributed by atoms with Crippen molar-refractivity contribution in [2.45, 2.75) is 19.3 Å². The molecule has 27 heavy (non-hydrogen) atoms. The number of aryl methyl sites for hydroxylation is 1. The van der Waals surface area contributed by atoms with E-state index in [1.807, 2.05) is 54.6 Å². The highest BCUT2D eigenvalue weighted by atomic mass is 35.5. The number of hydrogen-bond acceptors (Lipinski definition) is 2. The van der Waals surface area contributed by atoms with Crippen molar-refractivity contribution >= 4 is 23.2 Å². The smallest absolute Gasteiger partial charge is 0.228 e. The molecule has 1 amide bonds. The number of nitrogens with one attached hydrogen (secondary N) is 1. The molecule has 3 nitrogen and oxygen atoms in total. The molecule has 1 N–H and O–H groups in total. The van der Waals surface area contributed by atoms with Crippen LogP contribution in [0.3, 0.4) is 0 Å². The van der Waals surface area contributed by atoms with Gasteiger partial charge in [-0.05, 0) is 48.2 Å². The van der Waals surface area contributed by atoms with Crippen LogP contribution in [0.25, 0.3) is 0 Å². The van der Waals surface area contributed by atoms with Gasteiger partial charge in [0.25, 0.3) is 0 Å². The summed E-state index contributed by atoms with van der Waals surface area (Å²) in [5, 5.41) is 3.60. The number of amides is 1. The average molecular weight is 380 g/mol. The normalized spacial score (nSPS) is 10.4. The summed E-state index contributed by atoms with van der Waals surface area (Å²) in [5.74, 6) is 0.604. The highest BCUT2D eigenvalue weighted by molar-refractivity contribution is 6.30. The molecular weight excluding hydrogens is 358 g/mol. The Hall–Kier alpha value is -2.78. The topological polar surface area (TPSA) is 38.3 Å². The predicted octanol–water partition coefficient (Wildman–Crippen LogP) is 5.53. The third kappa shape index (κ3) is 6.15. The number of para-hydroxylation sites is 2. The molecule has 3 aromatic carbocycles. The first-order chi connectivity index (χ1) is 13.2. The summed E-state index contributed by atoms with van der Waals surface area (Å²) in [6.07, 6.45) is 2.17. The molecule has 4 heteroatoms. The molecule has 0 heterocycles. The van der Waals surface area contributed by atoms with Gasteiger partial charge in [-0.15, -0.1) is 0 Å². The lowest BCUT2D eigenvalue weighted by molar-refractivity contribution is -0.115. The quantitative estimate of drug-likeness (QED) is 0.522. The number of ether oxygens (including phenoxy) is 1. The van der Waals surface area contributed by atoms with Crippen molar-refractivity contribution in [1.29, 1.82) is 0 Å². The minimum Gasteiger partial charge on any atom is -0.491 e. The Bertz CT molecular complexity index is 863. The van der Waals surface area contributed by atoms with Crippen molar-refractivity contribution in [2.75, 3.05) is 11.9 Å². The first kappa shape index (κ1) is 19.0. The number of anilines is 1. The number of benzene rings is 3. The fourth-order valence-corrected chi connectivity index (χ4v) is 2.91. The second kappa shape index (κ2) is 9.79. The Morgan fingerprint density at radius 1 is 0.852 bits per heavy atom. The van der Waals surface area contributed by atoms with Gasteiger partial charge in [0.2, 0.25) is 5.91 Å². The zero-order valence-electron chi connectivity index (χ0n) is 15.0. The molecule has 0 fully saturated rings. The number of halogens is 1. The van der Waals surface area contributed by atoms with E-state index in [-0.39, 0.29) is 5.91 Å². The summed E-state index contributed by atoms with van der Waals surface area (Å²) < 4.78 is 5.89. The molecule has 0 unspecified atom stereocenters. The van der Waals surface area contributed by atoms with Crippen molar-refractivity contribution in [1.82, 2.24) is 0 Å². The zero-order valence-corrected chi connectivity index (χ0v) is 15.8. The molecule has 0 saturated carbocycles. The molecule has 0 bridgehead atoms. The molecule has 3 rings (SSSR count). The Kier molecular flexibility index (Phi) is 6.89. The Balaban J connectivity index is 1.52. The van der Waals surface area contributed by atoms with Gasteiger partial charge in [-0.1, -0.05) is 66.2 Å². The van der Waals surface area contributed by atoms with E-state index in [1.54, 1.807) is 12.1 Å². The summed E-state index contributed by atoms with van der Waals surface area (Å²) in [4.78, 5) is 12.3. The highest BCUT2D eigenvalue weighted by Crippen LogP contribution is 2.24. The van der Waals surface area contributed by atoms with E-state index in [2.05, 4.69) is 17.4 Å². The first-order valence-corrected chi connectivity index (χ1v) is 9.38. The van der Waals surface area contributed by atoms with Crippen LogP contribution in [0.15, 0.2) is 78.9 Å². The summed E-state index contributed by atoms with van der Waals surface area (Å²) in [6, 6.07) is 25.1. The molecule has 0 aliphatic heterocycles. The van der Waals surface area contributed by atoms with Crippen LogP contribution < -0.4 is 10.1 Å². The molecule has 3 aromatic rings. The van der Waals surface area contributed by atoms with Gasteiger partial charge in [-0.2, -0.15) is 0 Å². The van der Waals surface area contributed by atoms with Gasteiger partial charge < -0.3 is 10.1 Å². The number of carbonyl (C=O) groups excluding carboxylic acids is 1. The molecule has 138 valence electrons. The van der Waals surface area contributed by atoms with Crippen molar-refractivity contribution in [3.8, 4) is 5.75 Å². The summed E-state index contributed by atoms with van der Waals surface area (Å²) in [7, 11) is 0. The average Bonchev–Trinajstić information content (AvgIpc) is 2.69. The molecule has 0 aromatic heterocycles. The van der Waals surface area contributed by atoms with Gasteiger partial charge in [0.1, 0.15) is 5.75 Å². The van der Waals surface area contributed by atoms with Gasteiger partial charge in [0, 0.05) is 5.02 Å². The van der Waals surface area contributed by atoms with Crippen molar-refractivity contribution in [3.63, 3.8) is 0 Å². The zero-order chi connectivity index (χ0) is 18.9. The van der Waals surface area contributed by atoms with E-state index in [1.165, 1.54) is 5.56 Å². The molecule has 0 aliphatic carbocycles. The highest BCUT2D eigenvalue weighted by Gasteiger charge is 2.08. The molecule has 0 radical (unpaired) electrons. The largest absolute Gasteiger partial charge is 0.491 e. The Morgan fingerprint density at radius 3 is 2.33 bits per heavy atom. The van der Waals surface area contributed by atoms with Crippen LogP contribution in [0.1, 0.15) is 17.5 Å². The summed E-state index contributed by atoms with van der Waals surface area (Å²) in [6.45, 7) is 0.596. The van der Waals surface area contributed by atoms with Crippen LogP contribution in [0.4, 0.5) is 5.69 Å². The second-order valence-corrected chi connectivity index (χ2v) is 6.72. The van der Waals surface area contributed by atoms with Crippen molar-refractivity contribution in [2.24, 2.45) is 0 Å². The maximum Gasteiger partial charge on any atom is 0.228 e. The fraction of sp³-hybridized carbons (Fsp3) is 0.174. The van der Waals surface area contributed by atoms with Crippen LogP contribution in [-0.4, -0.2) is 12.5 Å². The molecular formula is C23H22ClNO2. The van der Waals surface area contributed by atoms with Crippen LogP contribution in [0, 0.1) is 0 Å². The van der Waals surface area contributed by atoms with E-state index < -0.39 is 0 Å². The summed E-state index contributed by atoms with van der Waals surface area (Å²) in [5.41, 5.74) is 2.90. The molecule has 0 atom stereocenters. The SMILES string of the molecule is O=C(Cc1ccc(Cl)cc1)Nc1ccccc1OCCCc1ccccc1. The minimum atomic E-state index is -0.0855. The fourth-order valence-electron chi connectivity index (χ4n) is 2.78. The third-order valence-electron chi connectivity index (χ3n) is 4.15. The van der Waals surface area contributed by atoms with Crippen LogP contribution in [0.2, 0.25) is 5.02 Å². The number of rotatable bonds is 8. The predicted molar refractivity (Wildman–Crippen MR) is 110 cm³/mol. The standard InChI is InChI=1S/C23H22ClNO2/c24-20-14-12-19(13-15-20)17-23(26)25-21-10-4-5-11-22(21)27-16-6-9-18-7-2-1-3-8-18/h1-5,7-8,10-15H,6,9,16-17H2,(H,25,26). The van der Waals surface area contributed by atoms with E-state index >= 15 is 0 Å². The van der Waals surface area contributed by atoms with Gasteiger partial charge in [-0.3, -0.25) is 4.79 Å². The lowest BCUT2D eigenvalue weighted by Crippen LogP contribution is -2.15. The van der Waals surface area contributed by atoms with Gasteiger partial charge in [0.05, 0.1) is 18.7 Å². The Morgan fingerprint density at radius 2 is 1.56 bits per heavy atom. The van der Waals surface area contributed by atoms with Crippen LogP contribution >= 0.6 is 11.6 Å². The summed E-state index contributed by atoms with van der Waals surface area (Å²) >= 11 is 5.88. The van der Waals surface area contributed by atoms with E-state index in [9.17, 15) is 4.79 Å². The Labute approximate surface area is 164 Å². The van der Waals surface area contributed by atoms with E-state index in [0.29, 0.717) is 29.5 Å². The van der Waals surface area contributed by atoms with Gasteiger partial charge >= 0.3 is 0 Å². The van der Waals surface area contributed by atoms with Crippen molar-refractivity contribution < 1.29 is 9.53 Å². The number of hydrogen-bond donors (Lipinski definition) is 1. The maximum absolute atomic E-state index is 12.3. The van der Waals surface area contributed by atoms with Crippen molar-refractivity contribution in [3.05, 3.63) is 95.0 Å². The third-order valence-corrected chi connectivity index (χ3v) is 4.40. The monoisotopic (exact) mass is 379 g/mol. The lowest BCUT2D eigenvalue weighted by atomic mass is 10.1. The first-order valence-electron chi connectivity index (χ1n) is 9.01. The van der Waals surface area contributed by atoms with E-state index in [0.717, 1.165) is 18.4 Å². The second-order valence-electron chi connectivity index (χ2n) is 6.29. The lowest BCUT2D eigenvalue weighted by Gasteiger charge is -2.12. The number of carbonyl (C=O) groups is 1. The molecule has 0 saturated heterocycles.